The van der Waals surface area contributed by atoms with Crippen LogP contribution in [0.3, 0.4) is 0 Å². The lowest BCUT2D eigenvalue weighted by Crippen LogP contribution is -2.28. The van der Waals surface area contributed by atoms with Gasteiger partial charge in [0.05, 0.1) is 12.1 Å². The fourth-order valence-corrected chi connectivity index (χ4v) is 2.71. The SMILES string of the molecule is CCCN(CCC)CCc1cccc2c1CC(=O)ON2. The molecule has 0 radical (unpaired) electrons. The van der Waals surface area contributed by atoms with Gasteiger partial charge in [-0.1, -0.05) is 26.0 Å². The van der Waals surface area contributed by atoms with Gasteiger partial charge >= 0.3 is 5.97 Å². The van der Waals surface area contributed by atoms with E-state index >= 15 is 0 Å². The summed E-state index contributed by atoms with van der Waals surface area (Å²) in [6.45, 7) is 7.76. The molecule has 4 nitrogen and oxygen atoms in total. The number of nitrogens with one attached hydrogen (secondary N) is 1. The predicted molar refractivity (Wildman–Crippen MR) is 80.6 cm³/mol. The van der Waals surface area contributed by atoms with Crippen molar-refractivity contribution in [1.29, 1.82) is 0 Å². The van der Waals surface area contributed by atoms with E-state index in [0.717, 1.165) is 37.3 Å². The van der Waals surface area contributed by atoms with E-state index in [0.29, 0.717) is 6.42 Å². The van der Waals surface area contributed by atoms with Crippen molar-refractivity contribution in [3.8, 4) is 0 Å². The standard InChI is InChI=1S/C16H24N2O2/c1-3-9-18(10-4-2)11-8-13-6-5-7-15-14(13)12-16(19)20-17-15/h5-7,17H,3-4,8-12H2,1-2H3. The molecule has 0 bridgehead atoms. The Morgan fingerprint density at radius 3 is 2.65 bits per heavy atom. The molecular weight excluding hydrogens is 252 g/mol. The van der Waals surface area contributed by atoms with Crippen molar-refractivity contribution in [3.63, 3.8) is 0 Å². The molecule has 1 aromatic rings. The fraction of sp³-hybridized carbons (Fsp3) is 0.562. The zero-order chi connectivity index (χ0) is 14.4. The van der Waals surface area contributed by atoms with Crippen molar-refractivity contribution >= 4 is 11.7 Å². The van der Waals surface area contributed by atoms with Crippen molar-refractivity contribution in [2.45, 2.75) is 39.5 Å². The number of hydrogen-bond acceptors (Lipinski definition) is 4. The summed E-state index contributed by atoms with van der Waals surface area (Å²) in [6.07, 6.45) is 3.72. The third kappa shape index (κ3) is 3.73. The third-order valence-electron chi connectivity index (χ3n) is 3.65. The van der Waals surface area contributed by atoms with E-state index in [4.69, 9.17) is 4.84 Å². The molecule has 0 aromatic heterocycles. The summed E-state index contributed by atoms with van der Waals surface area (Å²) in [5.74, 6) is -0.205. The van der Waals surface area contributed by atoms with Crippen molar-refractivity contribution < 1.29 is 9.63 Å². The monoisotopic (exact) mass is 276 g/mol. The Morgan fingerprint density at radius 2 is 1.95 bits per heavy atom. The fourth-order valence-electron chi connectivity index (χ4n) is 2.71. The molecule has 0 fully saturated rings. The minimum absolute atomic E-state index is 0.205. The number of rotatable bonds is 7. The lowest BCUT2D eigenvalue weighted by atomic mass is 9.99. The van der Waals surface area contributed by atoms with Crippen LogP contribution in [0.1, 0.15) is 37.8 Å². The first kappa shape index (κ1) is 14.9. The van der Waals surface area contributed by atoms with Gasteiger partial charge in [-0.05, 0) is 49.5 Å². The molecule has 20 heavy (non-hydrogen) atoms. The van der Waals surface area contributed by atoms with Crippen LogP contribution in [0, 0.1) is 0 Å². The normalized spacial score (nSPS) is 13.8. The first-order valence-corrected chi connectivity index (χ1v) is 7.53. The molecule has 110 valence electrons. The molecule has 2 rings (SSSR count). The molecule has 1 N–H and O–H groups in total. The van der Waals surface area contributed by atoms with Gasteiger partial charge in [-0.2, -0.15) is 0 Å². The average molecular weight is 276 g/mol. The van der Waals surface area contributed by atoms with Gasteiger partial charge < -0.3 is 9.74 Å². The molecule has 1 aliphatic heterocycles. The predicted octanol–water partition coefficient (Wildman–Crippen LogP) is 2.78. The zero-order valence-electron chi connectivity index (χ0n) is 12.4. The molecular formula is C16H24N2O2. The number of benzene rings is 1. The van der Waals surface area contributed by atoms with Gasteiger partial charge in [-0.15, -0.1) is 0 Å². The molecule has 0 unspecified atom stereocenters. The van der Waals surface area contributed by atoms with Gasteiger partial charge in [0.25, 0.3) is 0 Å². The number of anilines is 1. The maximum absolute atomic E-state index is 11.4. The Hall–Kier alpha value is -1.55. The highest BCUT2D eigenvalue weighted by Crippen LogP contribution is 2.25. The summed E-state index contributed by atoms with van der Waals surface area (Å²) < 4.78 is 0. The van der Waals surface area contributed by atoms with Gasteiger partial charge in [-0.3, -0.25) is 0 Å². The second kappa shape index (κ2) is 7.29. The minimum atomic E-state index is -0.205. The summed E-state index contributed by atoms with van der Waals surface area (Å²) >= 11 is 0. The molecule has 1 aromatic carbocycles. The number of fused-ring (bicyclic) bond motifs is 1. The smallest absolute Gasteiger partial charge is 0.336 e. The highest BCUT2D eigenvalue weighted by molar-refractivity contribution is 5.79. The second-order valence-corrected chi connectivity index (χ2v) is 5.29. The Kier molecular flexibility index (Phi) is 5.41. The van der Waals surface area contributed by atoms with Crippen LogP contribution >= 0.6 is 0 Å². The second-order valence-electron chi connectivity index (χ2n) is 5.29. The van der Waals surface area contributed by atoms with Crippen molar-refractivity contribution in [2.75, 3.05) is 25.1 Å². The Bertz CT molecular complexity index is 454. The number of carbonyl (C=O) groups excluding carboxylic acids is 1. The van der Waals surface area contributed by atoms with Crippen LogP contribution in [0.5, 0.6) is 0 Å². The molecule has 0 atom stereocenters. The van der Waals surface area contributed by atoms with E-state index in [-0.39, 0.29) is 5.97 Å². The molecule has 0 amide bonds. The summed E-state index contributed by atoms with van der Waals surface area (Å²) in [6, 6.07) is 6.10. The van der Waals surface area contributed by atoms with Crippen LogP contribution in [0.25, 0.3) is 0 Å². The van der Waals surface area contributed by atoms with Crippen LogP contribution in [-0.4, -0.2) is 30.5 Å². The van der Waals surface area contributed by atoms with Gasteiger partial charge in [0, 0.05) is 6.54 Å². The van der Waals surface area contributed by atoms with E-state index in [1.54, 1.807) is 0 Å². The highest BCUT2D eigenvalue weighted by Gasteiger charge is 2.19. The first-order valence-electron chi connectivity index (χ1n) is 7.53. The van der Waals surface area contributed by atoms with E-state index < -0.39 is 0 Å². The molecule has 0 aliphatic carbocycles. The molecule has 1 heterocycles. The highest BCUT2D eigenvalue weighted by atomic mass is 16.7. The van der Waals surface area contributed by atoms with Crippen molar-refractivity contribution in [2.24, 2.45) is 0 Å². The Balaban J connectivity index is 2.04. The largest absolute Gasteiger partial charge is 0.343 e. The van der Waals surface area contributed by atoms with Gasteiger partial charge in [0.1, 0.15) is 0 Å². The summed E-state index contributed by atoms with van der Waals surface area (Å²) in [4.78, 5) is 18.8. The zero-order valence-corrected chi connectivity index (χ0v) is 12.4. The number of hydrogen-bond donors (Lipinski definition) is 1. The third-order valence-corrected chi connectivity index (χ3v) is 3.65. The quantitative estimate of drug-likeness (QED) is 0.831. The van der Waals surface area contributed by atoms with E-state index in [1.165, 1.54) is 18.4 Å². The van der Waals surface area contributed by atoms with Crippen molar-refractivity contribution in [1.82, 2.24) is 4.90 Å². The minimum Gasteiger partial charge on any atom is -0.343 e. The summed E-state index contributed by atoms with van der Waals surface area (Å²) in [5, 5.41) is 0. The van der Waals surface area contributed by atoms with Crippen LogP contribution in [0.4, 0.5) is 5.69 Å². The molecule has 0 saturated carbocycles. The van der Waals surface area contributed by atoms with Gasteiger partial charge in [-0.25, -0.2) is 10.3 Å². The maximum Gasteiger partial charge on any atom is 0.336 e. The average Bonchev–Trinajstić information content (AvgIpc) is 2.45. The first-order chi connectivity index (χ1) is 9.74. The van der Waals surface area contributed by atoms with Gasteiger partial charge in [0.2, 0.25) is 0 Å². The van der Waals surface area contributed by atoms with Crippen LogP contribution < -0.4 is 5.48 Å². The molecule has 4 heteroatoms. The molecule has 0 spiro atoms. The van der Waals surface area contributed by atoms with Crippen molar-refractivity contribution in [3.05, 3.63) is 29.3 Å². The van der Waals surface area contributed by atoms with Crippen LogP contribution in [-0.2, 0) is 22.5 Å². The number of nitrogens with zero attached hydrogens (tertiary/aromatic N) is 1. The summed E-state index contributed by atoms with van der Waals surface area (Å²) in [7, 11) is 0. The van der Waals surface area contributed by atoms with Crippen LogP contribution in [0.2, 0.25) is 0 Å². The molecule has 1 aliphatic rings. The Morgan fingerprint density at radius 1 is 1.20 bits per heavy atom. The number of carbonyl (C=O) groups is 1. The van der Waals surface area contributed by atoms with E-state index in [2.05, 4.69) is 30.3 Å². The molecule has 0 saturated heterocycles. The lowest BCUT2D eigenvalue weighted by molar-refractivity contribution is -0.140. The topological polar surface area (TPSA) is 41.6 Å². The van der Waals surface area contributed by atoms with Gasteiger partial charge in [0.15, 0.2) is 0 Å². The maximum atomic E-state index is 11.4. The summed E-state index contributed by atoms with van der Waals surface area (Å²) in [5.41, 5.74) is 6.01. The van der Waals surface area contributed by atoms with E-state index in [9.17, 15) is 4.79 Å². The Labute approximate surface area is 121 Å². The van der Waals surface area contributed by atoms with Crippen LogP contribution in [0.15, 0.2) is 18.2 Å². The lowest BCUT2D eigenvalue weighted by Gasteiger charge is -2.23. The van der Waals surface area contributed by atoms with E-state index in [1.807, 2.05) is 12.1 Å².